The SMILES string of the molecule is CCC(CO)c1cc(Cl)c(C)cc1OC. The first-order valence-electron chi connectivity index (χ1n) is 5.08. The molecule has 1 N–H and O–H groups in total. The summed E-state index contributed by atoms with van der Waals surface area (Å²) in [4.78, 5) is 0. The van der Waals surface area contributed by atoms with Crippen molar-refractivity contribution in [3.05, 3.63) is 28.3 Å². The second kappa shape index (κ2) is 5.38. The summed E-state index contributed by atoms with van der Waals surface area (Å²) in [6.07, 6.45) is 0.867. The first kappa shape index (κ1) is 12.3. The van der Waals surface area contributed by atoms with Gasteiger partial charge in [0.05, 0.1) is 13.7 Å². The lowest BCUT2D eigenvalue weighted by Gasteiger charge is -2.17. The Hall–Kier alpha value is -0.730. The van der Waals surface area contributed by atoms with Crippen molar-refractivity contribution in [2.45, 2.75) is 26.2 Å². The molecule has 0 aliphatic heterocycles. The van der Waals surface area contributed by atoms with E-state index in [4.69, 9.17) is 16.3 Å². The Morgan fingerprint density at radius 3 is 2.60 bits per heavy atom. The van der Waals surface area contributed by atoms with Crippen LogP contribution in [0, 0.1) is 6.92 Å². The second-order valence-corrected chi connectivity index (χ2v) is 4.04. The molecule has 84 valence electrons. The molecule has 0 aliphatic carbocycles. The van der Waals surface area contributed by atoms with E-state index in [-0.39, 0.29) is 12.5 Å². The highest BCUT2D eigenvalue weighted by Gasteiger charge is 2.15. The van der Waals surface area contributed by atoms with Crippen LogP contribution in [-0.2, 0) is 0 Å². The average molecular weight is 229 g/mol. The standard InChI is InChI=1S/C12H17ClO2/c1-4-9(7-14)10-6-11(13)8(2)5-12(10)15-3/h5-6,9,14H,4,7H2,1-3H3. The summed E-state index contributed by atoms with van der Waals surface area (Å²) < 4.78 is 5.30. The highest BCUT2D eigenvalue weighted by molar-refractivity contribution is 6.31. The van der Waals surface area contributed by atoms with E-state index in [0.29, 0.717) is 0 Å². The van der Waals surface area contributed by atoms with E-state index >= 15 is 0 Å². The number of ether oxygens (including phenoxy) is 1. The minimum Gasteiger partial charge on any atom is -0.496 e. The van der Waals surface area contributed by atoms with Crippen molar-refractivity contribution in [3.63, 3.8) is 0 Å². The van der Waals surface area contributed by atoms with Crippen molar-refractivity contribution in [2.75, 3.05) is 13.7 Å². The van der Waals surface area contributed by atoms with E-state index in [9.17, 15) is 5.11 Å². The third kappa shape index (κ3) is 2.64. The van der Waals surface area contributed by atoms with Gasteiger partial charge in [0.1, 0.15) is 5.75 Å². The van der Waals surface area contributed by atoms with Crippen LogP contribution in [0.4, 0.5) is 0 Å². The highest BCUT2D eigenvalue weighted by Crippen LogP contribution is 2.33. The maximum atomic E-state index is 9.26. The lowest BCUT2D eigenvalue weighted by Crippen LogP contribution is -2.05. The topological polar surface area (TPSA) is 29.5 Å². The van der Waals surface area contributed by atoms with Crippen LogP contribution in [0.5, 0.6) is 5.75 Å². The van der Waals surface area contributed by atoms with E-state index < -0.39 is 0 Å². The fourth-order valence-electron chi connectivity index (χ4n) is 1.61. The number of aliphatic hydroxyl groups excluding tert-OH is 1. The Kier molecular flexibility index (Phi) is 4.43. The van der Waals surface area contributed by atoms with Gasteiger partial charge in [-0.25, -0.2) is 0 Å². The number of halogens is 1. The molecular formula is C12H17ClO2. The molecule has 0 amide bonds. The Morgan fingerprint density at radius 2 is 2.13 bits per heavy atom. The van der Waals surface area contributed by atoms with Gasteiger partial charge >= 0.3 is 0 Å². The van der Waals surface area contributed by atoms with Gasteiger partial charge < -0.3 is 9.84 Å². The second-order valence-electron chi connectivity index (χ2n) is 3.63. The largest absolute Gasteiger partial charge is 0.496 e. The van der Waals surface area contributed by atoms with Crippen molar-refractivity contribution in [2.24, 2.45) is 0 Å². The molecule has 15 heavy (non-hydrogen) atoms. The number of hydrogen-bond acceptors (Lipinski definition) is 2. The maximum absolute atomic E-state index is 9.26. The Labute approximate surface area is 95.8 Å². The smallest absolute Gasteiger partial charge is 0.122 e. The summed E-state index contributed by atoms with van der Waals surface area (Å²) in [7, 11) is 1.64. The fourth-order valence-corrected chi connectivity index (χ4v) is 1.79. The van der Waals surface area contributed by atoms with Crippen molar-refractivity contribution in [3.8, 4) is 5.75 Å². The number of hydrogen-bond donors (Lipinski definition) is 1. The molecule has 0 saturated carbocycles. The molecule has 1 aromatic carbocycles. The minimum atomic E-state index is 0.0954. The van der Waals surface area contributed by atoms with Gasteiger partial charge in [0.25, 0.3) is 0 Å². The van der Waals surface area contributed by atoms with Crippen molar-refractivity contribution in [1.29, 1.82) is 0 Å². The van der Waals surface area contributed by atoms with Gasteiger partial charge in [-0.3, -0.25) is 0 Å². The number of aryl methyl sites for hydroxylation is 1. The van der Waals surface area contributed by atoms with Crippen LogP contribution in [0.2, 0.25) is 5.02 Å². The van der Waals surface area contributed by atoms with Crippen LogP contribution in [0.15, 0.2) is 12.1 Å². The summed E-state index contributed by atoms with van der Waals surface area (Å²) in [5.74, 6) is 0.899. The molecule has 0 fully saturated rings. The van der Waals surface area contributed by atoms with E-state index in [1.165, 1.54) is 0 Å². The maximum Gasteiger partial charge on any atom is 0.122 e. The van der Waals surface area contributed by atoms with E-state index in [0.717, 1.165) is 28.3 Å². The first-order valence-corrected chi connectivity index (χ1v) is 5.46. The summed E-state index contributed by atoms with van der Waals surface area (Å²) in [6, 6.07) is 3.80. The first-order chi connectivity index (χ1) is 7.13. The molecule has 1 unspecified atom stereocenters. The number of methoxy groups -OCH3 is 1. The quantitative estimate of drug-likeness (QED) is 0.858. The van der Waals surface area contributed by atoms with Crippen molar-refractivity contribution >= 4 is 11.6 Å². The summed E-state index contributed by atoms with van der Waals surface area (Å²) >= 11 is 6.06. The third-order valence-electron chi connectivity index (χ3n) is 2.66. The average Bonchev–Trinajstić information content (AvgIpc) is 2.24. The van der Waals surface area contributed by atoms with Crippen LogP contribution >= 0.6 is 11.6 Å². The molecule has 0 heterocycles. The van der Waals surface area contributed by atoms with Gasteiger partial charge in [0, 0.05) is 16.5 Å². The lowest BCUT2D eigenvalue weighted by molar-refractivity contribution is 0.259. The molecule has 0 saturated heterocycles. The minimum absolute atomic E-state index is 0.0954. The number of aliphatic hydroxyl groups is 1. The number of benzene rings is 1. The molecule has 2 nitrogen and oxygen atoms in total. The molecule has 1 atom stereocenters. The van der Waals surface area contributed by atoms with Crippen molar-refractivity contribution < 1.29 is 9.84 Å². The Morgan fingerprint density at radius 1 is 1.47 bits per heavy atom. The van der Waals surface area contributed by atoms with Gasteiger partial charge in [0.15, 0.2) is 0 Å². The van der Waals surface area contributed by atoms with Crippen LogP contribution < -0.4 is 4.74 Å². The lowest BCUT2D eigenvalue weighted by atomic mass is 9.95. The predicted octanol–water partition coefficient (Wildman–Crippen LogP) is 3.14. The third-order valence-corrected chi connectivity index (χ3v) is 3.07. The summed E-state index contributed by atoms with van der Waals surface area (Å²) in [5.41, 5.74) is 1.98. The highest BCUT2D eigenvalue weighted by atomic mass is 35.5. The normalized spacial score (nSPS) is 12.6. The Balaban J connectivity index is 3.20. The zero-order chi connectivity index (χ0) is 11.4. The van der Waals surface area contributed by atoms with Crippen LogP contribution in [0.3, 0.4) is 0 Å². The zero-order valence-corrected chi connectivity index (χ0v) is 10.1. The Bertz CT molecular complexity index is 333. The molecule has 1 rings (SSSR count). The zero-order valence-electron chi connectivity index (χ0n) is 9.38. The molecule has 0 radical (unpaired) electrons. The molecule has 1 aromatic rings. The molecule has 0 aliphatic rings. The fraction of sp³-hybridized carbons (Fsp3) is 0.500. The van der Waals surface area contributed by atoms with Crippen LogP contribution in [-0.4, -0.2) is 18.8 Å². The van der Waals surface area contributed by atoms with E-state index in [1.54, 1.807) is 7.11 Å². The van der Waals surface area contributed by atoms with Gasteiger partial charge in [-0.1, -0.05) is 18.5 Å². The van der Waals surface area contributed by atoms with Crippen molar-refractivity contribution in [1.82, 2.24) is 0 Å². The molecular weight excluding hydrogens is 212 g/mol. The number of rotatable bonds is 4. The molecule has 0 spiro atoms. The van der Waals surface area contributed by atoms with Crippen LogP contribution in [0.1, 0.15) is 30.4 Å². The monoisotopic (exact) mass is 228 g/mol. The summed E-state index contributed by atoms with van der Waals surface area (Å²) in [6.45, 7) is 4.09. The van der Waals surface area contributed by atoms with Gasteiger partial charge in [-0.2, -0.15) is 0 Å². The van der Waals surface area contributed by atoms with E-state index in [2.05, 4.69) is 0 Å². The molecule has 3 heteroatoms. The van der Waals surface area contributed by atoms with Gasteiger partial charge in [-0.05, 0) is 31.0 Å². The van der Waals surface area contributed by atoms with Gasteiger partial charge in [0.2, 0.25) is 0 Å². The predicted molar refractivity (Wildman–Crippen MR) is 62.9 cm³/mol. The molecule has 0 bridgehead atoms. The van der Waals surface area contributed by atoms with E-state index in [1.807, 2.05) is 26.0 Å². The molecule has 0 aromatic heterocycles. The summed E-state index contributed by atoms with van der Waals surface area (Å²) in [5, 5.41) is 9.98. The van der Waals surface area contributed by atoms with Crippen LogP contribution in [0.25, 0.3) is 0 Å². The van der Waals surface area contributed by atoms with Gasteiger partial charge in [-0.15, -0.1) is 0 Å².